The van der Waals surface area contributed by atoms with E-state index in [0.717, 1.165) is 25.7 Å². The second-order valence-electron chi connectivity index (χ2n) is 5.24. The van der Waals surface area contributed by atoms with E-state index in [4.69, 9.17) is 11.3 Å². The van der Waals surface area contributed by atoms with Crippen molar-refractivity contribution in [2.24, 2.45) is 16.3 Å². The van der Waals surface area contributed by atoms with E-state index in [0.29, 0.717) is 13.1 Å². The Morgan fingerprint density at radius 3 is 2.71 bits per heavy atom. The van der Waals surface area contributed by atoms with Crippen LogP contribution in [0.3, 0.4) is 0 Å². The molecule has 0 aromatic carbocycles. The van der Waals surface area contributed by atoms with Crippen LogP contribution in [0.4, 0.5) is 0 Å². The van der Waals surface area contributed by atoms with Gasteiger partial charge in [0, 0.05) is 11.5 Å². The van der Waals surface area contributed by atoms with Crippen LogP contribution >= 0.6 is 0 Å². The Morgan fingerprint density at radius 1 is 1.53 bits per heavy atom. The molecule has 0 heterocycles. The van der Waals surface area contributed by atoms with E-state index in [1.807, 2.05) is 0 Å². The van der Waals surface area contributed by atoms with E-state index in [-0.39, 0.29) is 11.3 Å². The highest BCUT2D eigenvalue weighted by atomic mass is 16.1. The van der Waals surface area contributed by atoms with E-state index >= 15 is 0 Å². The van der Waals surface area contributed by atoms with Gasteiger partial charge in [0.05, 0.1) is 0 Å². The van der Waals surface area contributed by atoms with Crippen molar-refractivity contribution in [3.63, 3.8) is 0 Å². The predicted octanol–water partition coefficient (Wildman–Crippen LogP) is 1.71. The summed E-state index contributed by atoms with van der Waals surface area (Å²) in [5, 5.41) is 6.75. The minimum atomic E-state index is -0.608. The topological polar surface area (TPSA) is 104 Å². The number of amides is 1. The highest BCUT2D eigenvalue weighted by molar-refractivity contribution is 5.86. The number of hydrogen-bond acceptors (Lipinski definition) is 3. The normalized spacial score (nSPS) is 26.5. The fourth-order valence-corrected chi connectivity index (χ4v) is 2.72. The molecule has 1 saturated carbocycles. The predicted molar refractivity (Wildman–Crippen MR) is 66.2 cm³/mol. The van der Waals surface area contributed by atoms with Crippen molar-refractivity contribution < 1.29 is 4.79 Å². The molecule has 1 aliphatic carbocycles. The summed E-state index contributed by atoms with van der Waals surface area (Å²) in [6.07, 6.45) is 3.52. The van der Waals surface area contributed by atoms with Gasteiger partial charge in [0.2, 0.25) is 5.91 Å². The molecule has 1 rings (SSSR count). The number of rotatable bonds is 6. The minimum absolute atomic E-state index is 0.114. The molecule has 1 fully saturated rings. The second kappa shape index (κ2) is 5.38. The first-order valence-electron chi connectivity index (χ1n) is 6.02. The molecule has 0 spiro atoms. The highest BCUT2D eigenvalue weighted by Crippen LogP contribution is 2.45. The quantitative estimate of drug-likeness (QED) is 0.319. The van der Waals surface area contributed by atoms with Crippen LogP contribution in [0, 0.1) is 5.41 Å². The maximum atomic E-state index is 11.7. The Bertz CT molecular complexity index is 335. The highest BCUT2D eigenvalue weighted by Gasteiger charge is 2.52. The van der Waals surface area contributed by atoms with Crippen molar-refractivity contribution in [2.75, 3.05) is 13.1 Å². The summed E-state index contributed by atoms with van der Waals surface area (Å²) >= 11 is 0. The number of hydrogen-bond donors (Lipinski definition) is 2. The molecule has 0 saturated heterocycles. The zero-order valence-electron chi connectivity index (χ0n) is 10.6. The fourth-order valence-electron chi connectivity index (χ4n) is 2.72. The molecule has 1 amide bonds. The van der Waals surface area contributed by atoms with Crippen LogP contribution in [0.5, 0.6) is 0 Å². The van der Waals surface area contributed by atoms with Crippen molar-refractivity contribution in [3.05, 3.63) is 10.4 Å². The largest absolute Gasteiger partial charge is 0.368 e. The lowest BCUT2D eigenvalue weighted by atomic mass is 9.74. The first kappa shape index (κ1) is 13.8. The zero-order valence-corrected chi connectivity index (χ0v) is 10.6. The summed E-state index contributed by atoms with van der Waals surface area (Å²) in [7, 11) is 0. The van der Waals surface area contributed by atoms with Gasteiger partial charge in [-0.15, -0.1) is 0 Å². The average molecular weight is 239 g/mol. The summed E-state index contributed by atoms with van der Waals surface area (Å²) < 4.78 is 0. The molecule has 17 heavy (non-hydrogen) atoms. The maximum Gasteiger partial charge on any atom is 0.238 e. The van der Waals surface area contributed by atoms with Crippen molar-refractivity contribution >= 4 is 5.91 Å². The van der Waals surface area contributed by atoms with E-state index in [1.54, 1.807) is 0 Å². The van der Waals surface area contributed by atoms with Gasteiger partial charge in [0.15, 0.2) is 0 Å². The third kappa shape index (κ3) is 2.70. The van der Waals surface area contributed by atoms with E-state index in [9.17, 15) is 4.79 Å². The SMILES string of the molecule is CC1(C)CCCC1(NCCCN=[N+]=[N-])C(N)=O. The van der Waals surface area contributed by atoms with Crippen LogP contribution in [0.2, 0.25) is 0 Å². The number of carbonyl (C=O) groups is 1. The third-order valence-corrected chi connectivity index (χ3v) is 3.85. The molecular formula is C11H21N5O. The fraction of sp³-hybridized carbons (Fsp3) is 0.909. The average Bonchev–Trinajstić information content (AvgIpc) is 2.55. The minimum Gasteiger partial charge on any atom is -0.368 e. The molecule has 6 nitrogen and oxygen atoms in total. The van der Waals surface area contributed by atoms with Crippen molar-refractivity contribution in [2.45, 2.75) is 45.1 Å². The smallest absolute Gasteiger partial charge is 0.238 e. The molecular weight excluding hydrogens is 218 g/mol. The molecule has 3 N–H and O–H groups in total. The van der Waals surface area contributed by atoms with Crippen molar-refractivity contribution in [3.8, 4) is 0 Å². The molecule has 0 aromatic rings. The lowest BCUT2D eigenvalue weighted by molar-refractivity contribution is -0.128. The Labute approximate surface area is 102 Å². The Hall–Kier alpha value is -1.26. The molecule has 1 aliphatic rings. The van der Waals surface area contributed by atoms with Gasteiger partial charge >= 0.3 is 0 Å². The summed E-state index contributed by atoms with van der Waals surface area (Å²) in [6.45, 7) is 5.24. The number of nitrogens with zero attached hydrogens (tertiary/aromatic N) is 3. The van der Waals surface area contributed by atoms with Gasteiger partial charge < -0.3 is 11.1 Å². The summed E-state index contributed by atoms with van der Waals surface area (Å²) in [5.41, 5.74) is 13.0. The Balaban J connectivity index is 2.61. The van der Waals surface area contributed by atoms with Gasteiger partial charge in [-0.25, -0.2) is 0 Å². The first-order valence-corrected chi connectivity index (χ1v) is 6.02. The summed E-state index contributed by atoms with van der Waals surface area (Å²) in [6, 6.07) is 0. The first-order chi connectivity index (χ1) is 7.96. The van der Waals surface area contributed by atoms with Gasteiger partial charge in [-0.1, -0.05) is 25.4 Å². The number of nitrogens with two attached hydrogens (primary N) is 1. The molecule has 1 unspecified atom stereocenters. The van der Waals surface area contributed by atoms with Gasteiger partial charge in [-0.3, -0.25) is 4.79 Å². The van der Waals surface area contributed by atoms with Crippen LogP contribution in [-0.4, -0.2) is 24.5 Å². The summed E-state index contributed by atoms with van der Waals surface area (Å²) in [4.78, 5) is 14.4. The third-order valence-electron chi connectivity index (χ3n) is 3.85. The number of nitrogens with one attached hydrogen (secondary N) is 1. The number of carbonyl (C=O) groups excluding carboxylic acids is 1. The van der Waals surface area contributed by atoms with Crippen LogP contribution in [0.15, 0.2) is 5.11 Å². The zero-order chi connectivity index (χ0) is 12.9. The molecule has 0 aromatic heterocycles. The number of azide groups is 1. The molecule has 0 bridgehead atoms. The monoisotopic (exact) mass is 239 g/mol. The van der Waals surface area contributed by atoms with E-state index in [2.05, 4.69) is 29.2 Å². The lowest BCUT2D eigenvalue weighted by Gasteiger charge is -2.39. The van der Waals surface area contributed by atoms with Gasteiger partial charge in [0.1, 0.15) is 5.54 Å². The standard InChI is InChI=1S/C11H21N5O/c1-10(2)5-3-6-11(10,9(12)17)14-7-4-8-15-16-13/h14H,3-8H2,1-2H3,(H2,12,17). The van der Waals surface area contributed by atoms with E-state index < -0.39 is 5.54 Å². The van der Waals surface area contributed by atoms with Crippen molar-refractivity contribution in [1.29, 1.82) is 0 Å². The van der Waals surface area contributed by atoms with Crippen LogP contribution in [-0.2, 0) is 4.79 Å². The lowest BCUT2D eigenvalue weighted by Crippen LogP contribution is -2.61. The Kier molecular flexibility index (Phi) is 4.37. The molecule has 0 aliphatic heterocycles. The molecule has 1 atom stereocenters. The van der Waals surface area contributed by atoms with Gasteiger partial charge in [-0.2, -0.15) is 0 Å². The van der Waals surface area contributed by atoms with Crippen molar-refractivity contribution in [1.82, 2.24) is 5.32 Å². The molecule has 0 radical (unpaired) electrons. The maximum absolute atomic E-state index is 11.7. The Morgan fingerprint density at radius 2 is 2.24 bits per heavy atom. The van der Waals surface area contributed by atoms with Crippen LogP contribution in [0.1, 0.15) is 39.5 Å². The van der Waals surface area contributed by atoms with Crippen LogP contribution < -0.4 is 11.1 Å². The van der Waals surface area contributed by atoms with Gasteiger partial charge in [0.25, 0.3) is 0 Å². The molecule has 6 heteroatoms. The van der Waals surface area contributed by atoms with Gasteiger partial charge in [-0.05, 0) is 36.8 Å². The van der Waals surface area contributed by atoms with E-state index in [1.165, 1.54) is 0 Å². The second-order valence-corrected chi connectivity index (χ2v) is 5.24. The summed E-state index contributed by atoms with van der Waals surface area (Å²) in [5.74, 6) is -0.274. The molecule has 96 valence electrons. The van der Waals surface area contributed by atoms with Crippen LogP contribution in [0.25, 0.3) is 10.4 Å². The number of primary amides is 1.